The number of carbonyl (C=O) groups is 1. The van der Waals surface area contributed by atoms with Gasteiger partial charge in [0.05, 0.1) is 16.1 Å². The Morgan fingerprint density at radius 3 is 2.48 bits per heavy atom. The predicted molar refractivity (Wildman–Crippen MR) is 109 cm³/mol. The van der Waals surface area contributed by atoms with Gasteiger partial charge in [0.2, 0.25) is 0 Å². The van der Waals surface area contributed by atoms with E-state index in [0.29, 0.717) is 35.0 Å². The Bertz CT molecular complexity index is 732. The summed E-state index contributed by atoms with van der Waals surface area (Å²) in [5.41, 5.74) is 0.831. The number of hydrogen-bond donors (Lipinski definition) is 3. The average molecular weight is 391 g/mol. The molecule has 0 aliphatic rings. The molecule has 0 aliphatic carbocycles. The molecule has 4 N–H and O–H groups in total. The van der Waals surface area contributed by atoms with Crippen LogP contribution in [0.15, 0.2) is 47.4 Å². The summed E-state index contributed by atoms with van der Waals surface area (Å²) >= 11 is 0.961. The summed E-state index contributed by atoms with van der Waals surface area (Å²) in [7, 11) is 0. The molecule has 0 aromatic heterocycles. The molecule has 2 rings (SSSR count). The Morgan fingerprint density at radius 1 is 1.19 bits per heavy atom. The number of nitrogens with zero attached hydrogens (tertiary/aromatic N) is 1. The van der Waals surface area contributed by atoms with Crippen molar-refractivity contribution >= 4 is 23.6 Å². The molecule has 2 aromatic rings. The average Bonchev–Trinajstić information content (AvgIpc) is 2.69. The molecule has 0 saturated heterocycles. The van der Waals surface area contributed by atoms with Crippen LogP contribution in [0.25, 0.3) is 0 Å². The molecular weight excluding hydrogens is 364 g/mol. The Hall–Kier alpha value is -2.22. The normalized spacial score (nSPS) is 10.6. The van der Waals surface area contributed by atoms with E-state index in [1.165, 1.54) is 6.07 Å². The maximum atomic E-state index is 11.6. The Morgan fingerprint density at radius 2 is 1.89 bits per heavy atom. The fraction of sp³-hybridized carbons (Fsp3) is 0.350. The van der Waals surface area contributed by atoms with Crippen molar-refractivity contribution in [2.24, 2.45) is 5.14 Å². The minimum Gasteiger partial charge on any atom is -0.478 e. The van der Waals surface area contributed by atoms with Gasteiger partial charge in [-0.25, -0.2) is 4.79 Å². The maximum absolute atomic E-state index is 11.6. The summed E-state index contributed by atoms with van der Waals surface area (Å²) in [5, 5.41) is 24.6. The molecule has 0 atom stereocenters. The summed E-state index contributed by atoms with van der Waals surface area (Å²) in [6.07, 6.45) is 2.52. The van der Waals surface area contributed by atoms with E-state index >= 15 is 0 Å². The van der Waals surface area contributed by atoms with Crippen molar-refractivity contribution in [3.8, 4) is 11.5 Å². The Kier molecular flexibility index (Phi) is 8.44. The van der Waals surface area contributed by atoms with Crippen molar-refractivity contribution in [1.29, 1.82) is 0 Å². The summed E-state index contributed by atoms with van der Waals surface area (Å²) < 4.78 is 6.11. The number of unbranched alkanes of at least 4 members (excludes halogenated alkanes) is 1. The minimum absolute atomic E-state index is 0.0641. The van der Waals surface area contributed by atoms with Crippen LogP contribution >= 0.6 is 11.9 Å². The topological polar surface area (TPSA) is 96.0 Å². The molecule has 0 bridgehead atoms. The smallest absolute Gasteiger partial charge is 0.335 e. The highest BCUT2D eigenvalue weighted by molar-refractivity contribution is 7.97. The third kappa shape index (κ3) is 5.89. The molecule has 0 saturated carbocycles. The van der Waals surface area contributed by atoms with Crippen molar-refractivity contribution in [3.63, 3.8) is 0 Å². The van der Waals surface area contributed by atoms with Crippen LogP contribution in [0.2, 0.25) is 0 Å². The zero-order chi connectivity index (χ0) is 19.6. The lowest BCUT2D eigenvalue weighted by Crippen LogP contribution is -2.27. The van der Waals surface area contributed by atoms with E-state index in [-0.39, 0.29) is 12.2 Å². The van der Waals surface area contributed by atoms with Gasteiger partial charge in [0, 0.05) is 19.7 Å². The number of carboxylic acids is 1. The molecule has 0 radical (unpaired) electrons. The van der Waals surface area contributed by atoms with Crippen LogP contribution in [0.4, 0.5) is 5.69 Å². The maximum Gasteiger partial charge on any atom is 0.335 e. The summed E-state index contributed by atoms with van der Waals surface area (Å²) in [4.78, 5) is 14.2. The van der Waals surface area contributed by atoms with Crippen molar-refractivity contribution in [2.75, 3.05) is 24.6 Å². The molecule has 0 heterocycles. The number of anilines is 1. The number of aromatic carboxylic acids is 1. The van der Waals surface area contributed by atoms with E-state index in [2.05, 4.69) is 11.8 Å². The number of para-hydroxylation sites is 1. The summed E-state index contributed by atoms with van der Waals surface area (Å²) in [6, 6.07) is 12.5. The van der Waals surface area contributed by atoms with Crippen LogP contribution in [0.1, 0.15) is 36.5 Å². The second-order valence-electron chi connectivity index (χ2n) is 6.08. The van der Waals surface area contributed by atoms with E-state index in [4.69, 9.17) is 9.88 Å². The quantitative estimate of drug-likeness (QED) is 0.496. The van der Waals surface area contributed by atoms with Gasteiger partial charge in [0.15, 0.2) is 5.75 Å². The van der Waals surface area contributed by atoms with E-state index in [1.807, 2.05) is 30.3 Å². The minimum atomic E-state index is -1.02. The lowest BCUT2D eigenvalue weighted by atomic mass is 10.1. The molecule has 0 unspecified atom stereocenters. The van der Waals surface area contributed by atoms with E-state index in [0.717, 1.165) is 31.3 Å². The number of aliphatic hydroxyl groups is 1. The number of benzene rings is 2. The van der Waals surface area contributed by atoms with Gasteiger partial charge in [-0.3, -0.25) is 5.14 Å². The van der Waals surface area contributed by atoms with Gasteiger partial charge in [-0.05, 0) is 49.1 Å². The van der Waals surface area contributed by atoms with Crippen LogP contribution in [-0.4, -0.2) is 35.9 Å². The van der Waals surface area contributed by atoms with E-state index in [9.17, 15) is 15.0 Å². The molecule has 0 aliphatic heterocycles. The fourth-order valence-electron chi connectivity index (χ4n) is 2.71. The molecule has 146 valence electrons. The first-order chi connectivity index (χ1) is 13.1. The monoisotopic (exact) mass is 390 g/mol. The number of ether oxygens (including phenoxy) is 1. The highest BCUT2D eigenvalue weighted by atomic mass is 32.2. The molecule has 0 spiro atoms. The van der Waals surface area contributed by atoms with Crippen molar-refractivity contribution in [2.45, 2.75) is 31.1 Å². The predicted octanol–water partition coefficient (Wildman–Crippen LogP) is 4.13. The van der Waals surface area contributed by atoms with Crippen LogP contribution in [0.5, 0.6) is 11.5 Å². The first-order valence-corrected chi connectivity index (χ1v) is 9.85. The second-order valence-corrected chi connectivity index (χ2v) is 6.75. The zero-order valence-electron chi connectivity index (χ0n) is 15.4. The number of hydrogen-bond acceptors (Lipinski definition) is 6. The van der Waals surface area contributed by atoms with Crippen LogP contribution in [0.3, 0.4) is 0 Å². The summed E-state index contributed by atoms with van der Waals surface area (Å²) in [5.74, 6) is 0.165. The first-order valence-electron chi connectivity index (χ1n) is 8.97. The number of rotatable bonds is 11. The van der Waals surface area contributed by atoms with Gasteiger partial charge in [0.25, 0.3) is 0 Å². The molecule has 0 fully saturated rings. The van der Waals surface area contributed by atoms with E-state index < -0.39 is 5.97 Å². The van der Waals surface area contributed by atoms with Crippen molar-refractivity contribution < 1.29 is 19.7 Å². The van der Waals surface area contributed by atoms with Gasteiger partial charge < -0.3 is 19.8 Å². The molecule has 27 heavy (non-hydrogen) atoms. The summed E-state index contributed by atoms with van der Waals surface area (Å²) in [6.45, 7) is 3.49. The number of nitrogens with two attached hydrogens (primary N) is 1. The van der Waals surface area contributed by atoms with Gasteiger partial charge >= 0.3 is 5.97 Å². The molecule has 0 amide bonds. The van der Waals surface area contributed by atoms with E-state index in [1.54, 1.807) is 6.07 Å². The van der Waals surface area contributed by atoms with Crippen LogP contribution < -0.4 is 14.8 Å². The molecule has 7 heteroatoms. The lowest BCUT2D eigenvalue weighted by molar-refractivity contribution is 0.0696. The zero-order valence-corrected chi connectivity index (χ0v) is 16.2. The van der Waals surface area contributed by atoms with Gasteiger partial charge in [-0.15, -0.1) is 0 Å². The fourth-order valence-corrected chi connectivity index (χ4v) is 3.15. The highest BCUT2D eigenvalue weighted by Gasteiger charge is 2.20. The third-order valence-electron chi connectivity index (χ3n) is 4.08. The standard InChI is InChI=1S/C20H26N2O4S/c1-2-3-10-22(11-7-12-23)17-13-15(20(24)25)14-18(27-21)19(17)26-16-8-5-4-6-9-16/h4-6,8-9,13-14,23H,2-3,7,10-12,21H2,1H3,(H,24,25). The second kappa shape index (κ2) is 10.8. The van der Waals surface area contributed by atoms with Crippen molar-refractivity contribution in [3.05, 3.63) is 48.0 Å². The van der Waals surface area contributed by atoms with Gasteiger partial charge in [0.1, 0.15) is 5.75 Å². The molecular formula is C20H26N2O4S. The third-order valence-corrected chi connectivity index (χ3v) is 4.64. The number of aliphatic hydroxyl groups excluding tert-OH is 1. The number of carboxylic acid groups (broad SMARTS) is 1. The molecule has 6 nitrogen and oxygen atoms in total. The lowest BCUT2D eigenvalue weighted by Gasteiger charge is -2.28. The first kappa shape index (κ1) is 21.1. The van der Waals surface area contributed by atoms with Crippen LogP contribution in [-0.2, 0) is 0 Å². The van der Waals surface area contributed by atoms with Gasteiger partial charge in [-0.1, -0.05) is 31.5 Å². The van der Waals surface area contributed by atoms with Crippen molar-refractivity contribution in [1.82, 2.24) is 0 Å². The Balaban J connectivity index is 2.54. The SMILES string of the molecule is CCCCN(CCCO)c1cc(C(=O)O)cc(SN)c1Oc1ccccc1. The Labute approximate surface area is 164 Å². The molecule has 2 aromatic carbocycles. The van der Waals surface area contributed by atoms with Crippen LogP contribution in [0, 0.1) is 0 Å². The van der Waals surface area contributed by atoms with Gasteiger partial charge in [-0.2, -0.15) is 0 Å². The largest absolute Gasteiger partial charge is 0.478 e. The highest BCUT2D eigenvalue weighted by Crippen LogP contribution is 2.41.